The first-order valence-electron chi connectivity index (χ1n) is 6.52. The quantitative estimate of drug-likeness (QED) is 0.383. The van der Waals surface area contributed by atoms with Gasteiger partial charge in [0.25, 0.3) is 0 Å². The summed E-state index contributed by atoms with van der Waals surface area (Å²) in [7, 11) is 0. The van der Waals surface area contributed by atoms with Gasteiger partial charge in [-0.2, -0.15) is 0 Å². The van der Waals surface area contributed by atoms with Gasteiger partial charge in [-0.05, 0) is 26.2 Å². The molecule has 0 aromatic rings. The Kier molecular flexibility index (Phi) is 12.4. The van der Waals surface area contributed by atoms with E-state index < -0.39 is 6.29 Å². The molecule has 0 atom stereocenters. The third-order valence-corrected chi connectivity index (χ3v) is 2.06. The predicted octanol–water partition coefficient (Wildman–Crippen LogP) is 3.36. The third-order valence-electron chi connectivity index (χ3n) is 2.06. The van der Waals surface area contributed by atoms with Crippen molar-refractivity contribution < 1.29 is 9.47 Å². The molecule has 0 N–H and O–H groups in total. The van der Waals surface area contributed by atoms with Crippen LogP contribution >= 0.6 is 0 Å². The second-order valence-electron chi connectivity index (χ2n) is 3.55. The average molecular weight is 236 g/mol. The van der Waals surface area contributed by atoms with Crippen LogP contribution in [0.3, 0.4) is 0 Å². The van der Waals surface area contributed by atoms with Crippen LogP contribution in [0.15, 0.2) is 0 Å². The minimum absolute atomic E-state index is 0.396. The molecule has 0 heterocycles. The van der Waals surface area contributed by atoms with Crippen molar-refractivity contribution in [2.45, 2.75) is 59.2 Å². The lowest BCUT2D eigenvalue weighted by atomic mass is 10.2. The van der Waals surface area contributed by atoms with Crippen molar-refractivity contribution in [3.05, 3.63) is 0 Å². The van der Waals surface area contributed by atoms with Crippen molar-refractivity contribution in [2.75, 3.05) is 13.2 Å². The Morgan fingerprint density at radius 2 is 1.59 bits per heavy atom. The molecule has 0 saturated carbocycles. The number of unbranched alkanes of at least 4 members (excludes halogenated alkanes) is 3. The zero-order valence-electron chi connectivity index (χ0n) is 11.3. The minimum Gasteiger partial charge on any atom is -0.342 e. The van der Waals surface area contributed by atoms with Gasteiger partial charge in [-0.15, -0.1) is 5.92 Å². The molecule has 0 aliphatic heterocycles. The molecule has 0 spiro atoms. The largest absolute Gasteiger partial charge is 0.342 e. The molecular formula is C15H24O2. The SMILES string of the molecule is CCCCCC#CCC#CC(OCC)OCC. The Hall–Kier alpha value is -0.960. The fraction of sp³-hybridized carbons (Fsp3) is 0.733. The maximum absolute atomic E-state index is 5.30. The highest BCUT2D eigenvalue weighted by molar-refractivity contribution is 5.12. The van der Waals surface area contributed by atoms with Gasteiger partial charge in [0.2, 0.25) is 6.29 Å². The van der Waals surface area contributed by atoms with Crippen LogP contribution in [0.4, 0.5) is 0 Å². The van der Waals surface area contributed by atoms with Gasteiger partial charge >= 0.3 is 0 Å². The summed E-state index contributed by atoms with van der Waals surface area (Å²) in [6, 6.07) is 0. The van der Waals surface area contributed by atoms with E-state index in [1.54, 1.807) is 0 Å². The summed E-state index contributed by atoms with van der Waals surface area (Å²) in [5.74, 6) is 12.1. The molecule has 0 bridgehead atoms. The van der Waals surface area contributed by atoms with E-state index in [-0.39, 0.29) is 0 Å². The highest BCUT2D eigenvalue weighted by atomic mass is 16.7. The van der Waals surface area contributed by atoms with E-state index in [9.17, 15) is 0 Å². The number of hydrogen-bond donors (Lipinski definition) is 0. The average Bonchev–Trinajstić information content (AvgIpc) is 2.33. The van der Waals surface area contributed by atoms with Crippen molar-refractivity contribution in [3.63, 3.8) is 0 Å². The van der Waals surface area contributed by atoms with E-state index in [1.807, 2.05) is 13.8 Å². The first-order valence-corrected chi connectivity index (χ1v) is 6.52. The van der Waals surface area contributed by atoms with Crippen LogP contribution in [0, 0.1) is 23.7 Å². The summed E-state index contributed by atoms with van der Waals surface area (Å²) >= 11 is 0. The van der Waals surface area contributed by atoms with Crippen LogP contribution in [0.2, 0.25) is 0 Å². The molecule has 0 fully saturated rings. The second-order valence-corrected chi connectivity index (χ2v) is 3.55. The normalized spacial score (nSPS) is 9.41. The zero-order chi connectivity index (χ0) is 12.8. The second kappa shape index (κ2) is 13.1. The van der Waals surface area contributed by atoms with Crippen LogP contribution in [0.25, 0.3) is 0 Å². The molecule has 0 saturated heterocycles. The van der Waals surface area contributed by atoms with Crippen molar-refractivity contribution >= 4 is 0 Å². The van der Waals surface area contributed by atoms with Crippen molar-refractivity contribution in [2.24, 2.45) is 0 Å². The topological polar surface area (TPSA) is 18.5 Å². The van der Waals surface area contributed by atoms with Gasteiger partial charge in [0.1, 0.15) is 0 Å². The first-order chi connectivity index (χ1) is 8.35. The summed E-state index contributed by atoms with van der Waals surface area (Å²) in [5.41, 5.74) is 0. The Balaban J connectivity index is 3.75. The Morgan fingerprint density at radius 3 is 2.18 bits per heavy atom. The van der Waals surface area contributed by atoms with E-state index >= 15 is 0 Å². The molecule has 17 heavy (non-hydrogen) atoms. The van der Waals surface area contributed by atoms with E-state index in [2.05, 4.69) is 30.6 Å². The van der Waals surface area contributed by atoms with Crippen LogP contribution in [0.1, 0.15) is 52.9 Å². The molecule has 0 aliphatic carbocycles. The standard InChI is InChI=1S/C15H24O2/c1-4-7-8-9-10-11-12-13-14-15(16-5-2)17-6-3/h15H,4-9,12H2,1-3H3. The summed E-state index contributed by atoms with van der Waals surface area (Å²) in [6.45, 7) is 7.28. The van der Waals surface area contributed by atoms with Gasteiger partial charge in [0.05, 0.1) is 6.42 Å². The molecule has 2 heteroatoms. The Bertz CT molecular complexity index is 269. The molecule has 0 unspecified atom stereocenters. The van der Waals surface area contributed by atoms with Gasteiger partial charge in [-0.25, -0.2) is 0 Å². The fourth-order valence-corrected chi connectivity index (χ4v) is 1.23. The lowest BCUT2D eigenvalue weighted by Crippen LogP contribution is -2.14. The molecule has 0 aliphatic rings. The van der Waals surface area contributed by atoms with E-state index in [4.69, 9.17) is 9.47 Å². The maximum Gasteiger partial charge on any atom is 0.222 e. The van der Waals surface area contributed by atoms with Crippen molar-refractivity contribution in [1.82, 2.24) is 0 Å². The molecule has 0 aromatic carbocycles. The zero-order valence-corrected chi connectivity index (χ0v) is 11.3. The Labute approximate surface area is 106 Å². The number of rotatable bonds is 7. The molecule has 0 rings (SSSR count). The van der Waals surface area contributed by atoms with E-state index in [0.29, 0.717) is 19.6 Å². The van der Waals surface area contributed by atoms with Crippen LogP contribution in [-0.4, -0.2) is 19.5 Å². The third kappa shape index (κ3) is 11.3. The Morgan fingerprint density at radius 1 is 0.882 bits per heavy atom. The smallest absolute Gasteiger partial charge is 0.222 e. The number of ether oxygens (including phenoxy) is 2. The van der Waals surface area contributed by atoms with Crippen LogP contribution < -0.4 is 0 Å². The monoisotopic (exact) mass is 236 g/mol. The lowest BCUT2D eigenvalue weighted by molar-refractivity contribution is -0.0970. The van der Waals surface area contributed by atoms with Crippen LogP contribution in [-0.2, 0) is 9.47 Å². The van der Waals surface area contributed by atoms with Gasteiger partial charge in [0, 0.05) is 19.6 Å². The first kappa shape index (κ1) is 16.0. The summed E-state index contributed by atoms with van der Waals surface area (Å²) in [4.78, 5) is 0. The maximum atomic E-state index is 5.30. The van der Waals surface area contributed by atoms with E-state index in [1.165, 1.54) is 19.3 Å². The molecule has 0 amide bonds. The number of hydrogen-bond acceptors (Lipinski definition) is 2. The molecule has 0 aromatic heterocycles. The summed E-state index contributed by atoms with van der Waals surface area (Å²) < 4.78 is 10.6. The van der Waals surface area contributed by atoms with Crippen molar-refractivity contribution in [3.8, 4) is 23.7 Å². The van der Waals surface area contributed by atoms with Gasteiger partial charge in [0.15, 0.2) is 0 Å². The fourth-order valence-electron chi connectivity index (χ4n) is 1.23. The summed E-state index contributed by atoms with van der Waals surface area (Å²) in [5, 5.41) is 0. The minimum atomic E-state index is -0.396. The highest BCUT2D eigenvalue weighted by Gasteiger charge is 2.00. The van der Waals surface area contributed by atoms with Crippen molar-refractivity contribution in [1.29, 1.82) is 0 Å². The summed E-state index contributed by atoms with van der Waals surface area (Å²) in [6.07, 6.45) is 4.88. The molecular weight excluding hydrogens is 212 g/mol. The predicted molar refractivity (Wildman–Crippen MR) is 71.4 cm³/mol. The van der Waals surface area contributed by atoms with Gasteiger partial charge in [-0.3, -0.25) is 0 Å². The molecule has 0 radical (unpaired) electrons. The molecule has 2 nitrogen and oxygen atoms in total. The van der Waals surface area contributed by atoms with Gasteiger partial charge < -0.3 is 9.47 Å². The van der Waals surface area contributed by atoms with E-state index in [0.717, 1.165) is 6.42 Å². The highest BCUT2D eigenvalue weighted by Crippen LogP contribution is 1.96. The van der Waals surface area contributed by atoms with Gasteiger partial charge in [-0.1, -0.05) is 31.6 Å². The lowest BCUT2D eigenvalue weighted by Gasteiger charge is -2.09. The van der Waals surface area contributed by atoms with Crippen LogP contribution in [0.5, 0.6) is 0 Å². The molecule has 96 valence electrons.